The molecule has 23 heavy (non-hydrogen) atoms. The summed E-state index contributed by atoms with van der Waals surface area (Å²) in [5.41, 5.74) is 3.68. The maximum atomic E-state index is 11.8. The van der Waals surface area contributed by atoms with E-state index < -0.39 is 0 Å². The Labute approximate surface area is 143 Å². The van der Waals surface area contributed by atoms with E-state index in [-0.39, 0.29) is 5.91 Å². The molecule has 0 unspecified atom stereocenters. The van der Waals surface area contributed by atoms with Gasteiger partial charge in [-0.2, -0.15) is 0 Å². The van der Waals surface area contributed by atoms with Crippen molar-refractivity contribution in [3.05, 3.63) is 70.2 Å². The van der Waals surface area contributed by atoms with Gasteiger partial charge in [0, 0.05) is 31.1 Å². The van der Waals surface area contributed by atoms with Gasteiger partial charge in [0.25, 0.3) is 0 Å². The first-order valence-corrected chi connectivity index (χ1v) is 8.29. The van der Waals surface area contributed by atoms with Crippen LogP contribution in [0, 0.1) is 6.92 Å². The molecule has 0 aliphatic rings. The third-order valence-corrected chi connectivity index (χ3v) is 3.97. The summed E-state index contributed by atoms with van der Waals surface area (Å²) < 4.78 is 0. The summed E-state index contributed by atoms with van der Waals surface area (Å²) in [5, 5.41) is 6.98. The number of rotatable bonds is 8. The Bertz CT molecular complexity index is 643. The minimum atomic E-state index is 0.0734. The lowest BCUT2D eigenvalue weighted by atomic mass is 10.1. The van der Waals surface area contributed by atoms with Crippen LogP contribution >= 0.6 is 11.6 Å². The van der Waals surface area contributed by atoms with Crippen molar-refractivity contribution in [3.63, 3.8) is 0 Å². The number of carbonyl (C=O) groups excluding carboxylic acids is 1. The van der Waals surface area contributed by atoms with E-state index in [4.69, 9.17) is 11.6 Å². The van der Waals surface area contributed by atoms with Crippen molar-refractivity contribution in [2.45, 2.75) is 26.3 Å². The van der Waals surface area contributed by atoms with Crippen LogP contribution in [0.3, 0.4) is 0 Å². The molecule has 0 heterocycles. The Kier molecular flexibility index (Phi) is 7.11. The SMILES string of the molecule is Cc1ccccc1CNCCC(=O)NCCc1cccc(Cl)c1. The molecular weight excluding hydrogens is 308 g/mol. The van der Waals surface area contributed by atoms with Crippen LogP contribution in [0.15, 0.2) is 48.5 Å². The van der Waals surface area contributed by atoms with Gasteiger partial charge in [-0.15, -0.1) is 0 Å². The predicted molar refractivity (Wildman–Crippen MR) is 95.7 cm³/mol. The topological polar surface area (TPSA) is 41.1 Å². The molecule has 2 aromatic carbocycles. The summed E-state index contributed by atoms with van der Waals surface area (Å²) >= 11 is 5.94. The van der Waals surface area contributed by atoms with Gasteiger partial charge < -0.3 is 10.6 Å². The van der Waals surface area contributed by atoms with Crippen molar-refractivity contribution in [2.24, 2.45) is 0 Å². The minimum Gasteiger partial charge on any atom is -0.356 e. The molecule has 0 aliphatic heterocycles. The summed E-state index contributed by atoms with van der Waals surface area (Å²) in [6, 6.07) is 16.0. The molecule has 0 saturated heterocycles. The Hall–Kier alpha value is -1.84. The first kappa shape index (κ1) is 17.5. The van der Waals surface area contributed by atoms with E-state index in [0.717, 1.165) is 23.6 Å². The number of nitrogens with one attached hydrogen (secondary N) is 2. The monoisotopic (exact) mass is 330 g/mol. The maximum Gasteiger partial charge on any atom is 0.221 e. The molecule has 0 atom stereocenters. The summed E-state index contributed by atoms with van der Waals surface area (Å²) in [7, 11) is 0. The number of hydrogen-bond acceptors (Lipinski definition) is 2. The molecule has 122 valence electrons. The first-order valence-electron chi connectivity index (χ1n) is 7.91. The van der Waals surface area contributed by atoms with Crippen LogP contribution in [-0.2, 0) is 17.8 Å². The van der Waals surface area contributed by atoms with E-state index in [2.05, 4.69) is 29.7 Å². The zero-order chi connectivity index (χ0) is 16.5. The molecule has 0 spiro atoms. The summed E-state index contributed by atoms with van der Waals surface area (Å²) in [6.45, 7) is 4.20. The van der Waals surface area contributed by atoms with E-state index >= 15 is 0 Å². The summed E-state index contributed by atoms with van der Waals surface area (Å²) in [4.78, 5) is 11.8. The molecule has 3 nitrogen and oxygen atoms in total. The molecule has 0 radical (unpaired) electrons. The van der Waals surface area contributed by atoms with Crippen molar-refractivity contribution in [3.8, 4) is 0 Å². The lowest BCUT2D eigenvalue weighted by Crippen LogP contribution is -2.29. The highest BCUT2D eigenvalue weighted by molar-refractivity contribution is 6.30. The van der Waals surface area contributed by atoms with Crippen LogP contribution in [0.1, 0.15) is 23.1 Å². The fourth-order valence-electron chi connectivity index (χ4n) is 2.36. The smallest absolute Gasteiger partial charge is 0.221 e. The summed E-state index contributed by atoms with van der Waals surface area (Å²) in [6.07, 6.45) is 1.28. The van der Waals surface area contributed by atoms with Crippen molar-refractivity contribution >= 4 is 17.5 Å². The third kappa shape index (κ3) is 6.43. The van der Waals surface area contributed by atoms with Crippen molar-refractivity contribution in [2.75, 3.05) is 13.1 Å². The second-order valence-electron chi connectivity index (χ2n) is 5.58. The average molecular weight is 331 g/mol. The zero-order valence-corrected chi connectivity index (χ0v) is 14.2. The van der Waals surface area contributed by atoms with Gasteiger partial charge in [0.15, 0.2) is 0 Å². The molecule has 0 aromatic heterocycles. The van der Waals surface area contributed by atoms with E-state index in [1.807, 2.05) is 36.4 Å². The Morgan fingerprint density at radius 3 is 2.70 bits per heavy atom. The minimum absolute atomic E-state index is 0.0734. The fraction of sp³-hybridized carbons (Fsp3) is 0.316. The number of hydrogen-bond donors (Lipinski definition) is 2. The molecule has 2 N–H and O–H groups in total. The highest BCUT2D eigenvalue weighted by atomic mass is 35.5. The van der Waals surface area contributed by atoms with Gasteiger partial charge in [-0.25, -0.2) is 0 Å². The van der Waals surface area contributed by atoms with Crippen molar-refractivity contribution in [1.29, 1.82) is 0 Å². The van der Waals surface area contributed by atoms with Gasteiger partial charge in [-0.1, -0.05) is 48.0 Å². The summed E-state index contributed by atoms with van der Waals surface area (Å²) in [5.74, 6) is 0.0734. The van der Waals surface area contributed by atoms with Crippen LogP contribution < -0.4 is 10.6 Å². The second-order valence-corrected chi connectivity index (χ2v) is 6.02. The Morgan fingerprint density at radius 1 is 1.09 bits per heavy atom. The van der Waals surface area contributed by atoms with Crippen molar-refractivity contribution in [1.82, 2.24) is 10.6 Å². The normalized spacial score (nSPS) is 10.5. The first-order chi connectivity index (χ1) is 11.1. The molecule has 4 heteroatoms. The molecular formula is C19H23ClN2O. The Balaban J connectivity index is 1.59. The highest BCUT2D eigenvalue weighted by Crippen LogP contribution is 2.10. The predicted octanol–water partition coefficient (Wildman–Crippen LogP) is 3.49. The number of carbonyl (C=O) groups is 1. The second kappa shape index (κ2) is 9.33. The van der Waals surface area contributed by atoms with Crippen LogP contribution in [-0.4, -0.2) is 19.0 Å². The van der Waals surface area contributed by atoms with E-state index in [1.54, 1.807) is 0 Å². The number of aryl methyl sites for hydroxylation is 1. The highest BCUT2D eigenvalue weighted by Gasteiger charge is 2.02. The van der Waals surface area contributed by atoms with Crippen LogP contribution in [0.25, 0.3) is 0 Å². The van der Waals surface area contributed by atoms with Crippen LogP contribution in [0.2, 0.25) is 5.02 Å². The van der Waals surface area contributed by atoms with Crippen LogP contribution in [0.4, 0.5) is 0 Å². The van der Waals surface area contributed by atoms with Crippen LogP contribution in [0.5, 0.6) is 0 Å². The van der Waals surface area contributed by atoms with Gasteiger partial charge in [-0.3, -0.25) is 4.79 Å². The van der Waals surface area contributed by atoms with E-state index in [1.165, 1.54) is 11.1 Å². The zero-order valence-electron chi connectivity index (χ0n) is 13.4. The number of halogens is 1. The molecule has 0 fully saturated rings. The number of benzene rings is 2. The van der Waals surface area contributed by atoms with Gasteiger partial charge in [0.1, 0.15) is 0 Å². The number of amides is 1. The van der Waals surface area contributed by atoms with Gasteiger partial charge in [0.05, 0.1) is 0 Å². The van der Waals surface area contributed by atoms with E-state index in [0.29, 0.717) is 19.5 Å². The largest absolute Gasteiger partial charge is 0.356 e. The quantitative estimate of drug-likeness (QED) is 0.727. The van der Waals surface area contributed by atoms with Gasteiger partial charge in [0.2, 0.25) is 5.91 Å². The molecule has 2 rings (SSSR count). The lowest BCUT2D eigenvalue weighted by molar-refractivity contribution is -0.120. The maximum absolute atomic E-state index is 11.8. The third-order valence-electron chi connectivity index (χ3n) is 3.73. The van der Waals surface area contributed by atoms with Gasteiger partial charge in [-0.05, 0) is 42.2 Å². The standard InChI is InChI=1S/C19H23ClN2O/c1-15-5-2-3-7-17(15)14-21-11-10-19(23)22-12-9-16-6-4-8-18(20)13-16/h2-8,13,21H,9-12,14H2,1H3,(H,22,23). The lowest BCUT2D eigenvalue weighted by Gasteiger charge is -2.08. The molecule has 0 aliphatic carbocycles. The molecule has 1 amide bonds. The molecule has 2 aromatic rings. The van der Waals surface area contributed by atoms with Gasteiger partial charge >= 0.3 is 0 Å². The van der Waals surface area contributed by atoms with E-state index in [9.17, 15) is 4.79 Å². The van der Waals surface area contributed by atoms with Crippen molar-refractivity contribution < 1.29 is 4.79 Å². The fourth-order valence-corrected chi connectivity index (χ4v) is 2.57. The molecule has 0 bridgehead atoms. The molecule has 0 saturated carbocycles. The average Bonchev–Trinajstić information content (AvgIpc) is 2.53. The Morgan fingerprint density at radius 2 is 1.91 bits per heavy atom.